The first-order valence-corrected chi connectivity index (χ1v) is 20.9. The van der Waals surface area contributed by atoms with Gasteiger partial charge in [-0.3, -0.25) is 18.5 Å². The second-order valence-electron chi connectivity index (χ2n) is 13.4. The number of amides is 1. The molecule has 20 atom stereocenters. The Morgan fingerprint density at radius 3 is 1.58 bits per heavy atom. The molecule has 33 heteroatoms. The van der Waals surface area contributed by atoms with Gasteiger partial charge in [0.25, 0.3) is 0 Å². The molecule has 0 bridgehead atoms. The van der Waals surface area contributed by atoms with Crippen molar-refractivity contribution in [3.63, 3.8) is 0 Å². The van der Waals surface area contributed by atoms with E-state index in [9.17, 15) is 84.8 Å². The molecule has 4 aliphatic rings. The predicted octanol–water partition coefficient (Wildman–Crippen LogP) is -7.98. The normalized spacial score (nSPS) is 43.8. The summed E-state index contributed by atoms with van der Waals surface area (Å²) in [4.78, 5) is 24.3. The number of carbonyl (C=O) groups excluding carboxylic acids is 1. The van der Waals surface area contributed by atoms with E-state index in [1.807, 2.05) is 0 Å². The SMILES string of the molecule is CC(=O)N[C@H]1C(O)O[C@H](COS(=O)(=O)O)[C@H](O)[C@@H]1O[C@@H]1O[C@H](C(=O)O)[C@@H](O)[C@H](O[C@@H]2O[C@@H](C)[C@@H](O)[C@@H](OS(=O)(=O)O)[C@@H]2O[C@@H]2O[C@@H](C)[C@@H](O)[C@@H](OS(=O)(=O)O)[C@@H]2O)[C@H]1O. The molecule has 4 saturated heterocycles. The van der Waals surface area contributed by atoms with Gasteiger partial charge in [0, 0.05) is 6.92 Å². The summed E-state index contributed by atoms with van der Waals surface area (Å²) in [6, 6.07) is -1.83. The maximum Gasteiger partial charge on any atom is 0.397 e. The number of carboxylic acid groups (broad SMARTS) is 1. The molecule has 0 aliphatic carbocycles. The Labute approximate surface area is 333 Å². The third-order valence-corrected chi connectivity index (χ3v) is 10.5. The van der Waals surface area contributed by atoms with Crippen molar-refractivity contribution in [3.05, 3.63) is 0 Å². The fourth-order valence-corrected chi connectivity index (χ4v) is 7.72. The zero-order chi connectivity index (χ0) is 44.7. The minimum Gasteiger partial charge on any atom is -0.479 e. The highest BCUT2D eigenvalue weighted by Crippen LogP contribution is 2.36. The summed E-state index contributed by atoms with van der Waals surface area (Å²) < 4.78 is 148. The van der Waals surface area contributed by atoms with Crippen LogP contribution in [0.3, 0.4) is 0 Å². The van der Waals surface area contributed by atoms with Crippen molar-refractivity contribution in [2.24, 2.45) is 0 Å². The van der Waals surface area contributed by atoms with Gasteiger partial charge >= 0.3 is 37.2 Å². The Morgan fingerprint density at radius 2 is 1.05 bits per heavy atom. The summed E-state index contributed by atoms with van der Waals surface area (Å²) in [6.45, 7) is 1.87. The summed E-state index contributed by atoms with van der Waals surface area (Å²) in [6.07, 6.45) is -41.9. The summed E-state index contributed by atoms with van der Waals surface area (Å²) in [5.74, 6) is -2.89. The lowest BCUT2D eigenvalue weighted by Gasteiger charge is -2.49. The van der Waals surface area contributed by atoms with Crippen LogP contribution in [0, 0.1) is 0 Å². The molecule has 12 N–H and O–H groups in total. The van der Waals surface area contributed by atoms with Gasteiger partial charge in [-0.2, -0.15) is 25.3 Å². The summed E-state index contributed by atoms with van der Waals surface area (Å²) in [7, 11) is -16.1. The molecule has 0 saturated carbocycles. The summed E-state index contributed by atoms with van der Waals surface area (Å²) >= 11 is 0. The van der Waals surface area contributed by atoms with Crippen LogP contribution in [-0.2, 0) is 86.5 Å². The van der Waals surface area contributed by atoms with Gasteiger partial charge < -0.3 is 79.3 Å². The molecular formula is C26H43NO29S3. The van der Waals surface area contributed by atoms with Crippen LogP contribution in [0.15, 0.2) is 0 Å². The Balaban J connectivity index is 1.72. The molecule has 4 rings (SSSR count). The zero-order valence-electron chi connectivity index (χ0n) is 30.2. The van der Waals surface area contributed by atoms with E-state index in [-0.39, 0.29) is 0 Å². The standard InChI is InChI=1S/C26H43NO29S3/c1-5-10(29)18(55-58(41,42)43)15(34)24(48-5)54-21-19(56-59(44,45)46)11(30)6(2)49-26(21)52-17-13(32)20(22(35)36)53-25(14(17)33)51-16-9(27-7(3)28)23(37)50-8(12(16)31)4-47-57(38,39)40/h5-6,8-21,23-26,29-34,37H,4H2,1-3H3,(H,27,28)(H,35,36)(H,38,39,40)(H,41,42,43)(H,44,45,46)/t5-,6-,8+,9+,10+,11+,12-,13-,14+,15-,16+,17-,18+,19+,20-,21-,23?,24-,25+,26-/m0/s1. The lowest BCUT2D eigenvalue weighted by Crippen LogP contribution is -2.69. The maximum absolute atomic E-state index is 12.3. The third-order valence-electron chi connectivity index (χ3n) is 9.11. The quantitative estimate of drug-likeness (QED) is 0.0679. The third kappa shape index (κ3) is 12.6. The number of aliphatic hydroxyl groups is 7. The number of hydrogen-bond acceptors (Lipinski definition) is 25. The first-order valence-electron chi connectivity index (χ1n) is 16.8. The number of aliphatic carboxylic acids is 1. The highest BCUT2D eigenvalue weighted by Gasteiger charge is 2.58. The van der Waals surface area contributed by atoms with Crippen molar-refractivity contribution >= 4 is 43.1 Å². The molecule has 1 amide bonds. The Bertz CT molecular complexity index is 1800. The predicted molar refractivity (Wildman–Crippen MR) is 174 cm³/mol. The van der Waals surface area contributed by atoms with Gasteiger partial charge in [-0.15, -0.1) is 0 Å². The molecule has 0 aromatic heterocycles. The average Bonchev–Trinajstić information content (AvgIpc) is 3.09. The van der Waals surface area contributed by atoms with Crippen LogP contribution in [0.4, 0.5) is 0 Å². The first kappa shape index (κ1) is 49.6. The van der Waals surface area contributed by atoms with Gasteiger partial charge in [0.2, 0.25) is 5.91 Å². The van der Waals surface area contributed by atoms with Crippen molar-refractivity contribution in [2.45, 2.75) is 144 Å². The van der Waals surface area contributed by atoms with Crippen LogP contribution >= 0.6 is 0 Å². The molecule has 4 fully saturated rings. The average molecular weight is 930 g/mol. The fourth-order valence-electron chi connectivity index (χ4n) is 6.40. The summed E-state index contributed by atoms with van der Waals surface area (Å²) in [5.41, 5.74) is 0. The van der Waals surface area contributed by atoms with Crippen molar-refractivity contribution in [1.82, 2.24) is 5.32 Å². The van der Waals surface area contributed by atoms with Crippen molar-refractivity contribution in [2.75, 3.05) is 6.61 Å². The number of carbonyl (C=O) groups is 2. The van der Waals surface area contributed by atoms with Crippen LogP contribution in [0.5, 0.6) is 0 Å². The van der Waals surface area contributed by atoms with Crippen LogP contribution < -0.4 is 5.32 Å². The van der Waals surface area contributed by atoms with E-state index in [2.05, 4.69) is 17.9 Å². The van der Waals surface area contributed by atoms with Crippen LogP contribution in [0.2, 0.25) is 0 Å². The van der Waals surface area contributed by atoms with Gasteiger partial charge in [0.15, 0.2) is 31.3 Å². The number of aliphatic hydroxyl groups excluding tert-OH is 7. The molecule has 0 aromatic rings. The number of carboxylic acids is 1. The molecule has 0 spiro atoms. The van der Waals surface area contributed by atoms with E-state index in [0.717, 1.165) is 20.8 Å². The molecule has 0 radical (unpaired) electrons. The smallest absolute Gasteiger partial charge is 0.397 e. The van der Waals surface area contributed by atoms with Crippen molar-refractivity contribution < 1.29 is 135 Å². The van der Waals surface area contributed by atoms with Gasteiger partial charge in [-0.25, -0.2) is 17.3 Å². The second kappa shape index (κ2) is 19.2. The lowest BCUT2D eigenvalue weighted by molar-refractivity contribution is -0.386. The first-order chi connectivity index (χ1) is 27.0. The monoisotopic (exact) mass is 929 g/mol. The van der Waals surface area contributed by atoms with Gasteiger partial charge in [-0.1, -0.05) is 0 Å². The zero-order valence-corrected chi connectivity index (χ0v) is 32.7. The molecule has 59 heavy (non-hydrogen) atoms. The van der Waals surface area contributed by atoms with Gasteiger partial charge in [-0.05, 0) is 13.8 Å². The fraction of sp³-hybridized carbons (Fsp3) is 0.923. The Kier molecular flexibility index (Phi) is 16.1. The van der Waals surface area contributed by atoms with E-state index >= 15 is 0 Å². The minimum absolute atomic E-state index is 0.901. The molecular weight excluding hydrogens is 886 g/mol. The van der Waals surface area contributed by atoms with E-state index < -0.39 is 172 Å². The van der Waals surface area contributed by atoms with Crippen LogP contribution in [-0.4, -0.2) is 221 Å². The second-order valence-corrected chi connectivity index (χ2v) is 16.6. The molecule has 344 valence electrons. The van der Waals surface area contributed by atoms with Gasteiger partial charge in [0.05, 0.1) is 18.8 Å². The lowest BCUT2D eigenvalue weighted by atomic mass is 9.95. The number of ether oxygens (including phenoxy) is 7. The number of rotatable bonds is 15. The topological polar surface area (TPSA) is 463 Å². The highest BCUT2D eigenvalue weighted by molar-refractivity contribution is 7.81. The Morgan fingerprint density at radius 1 is 0.576 bits per heavy atom. The minimum atomic E-state index is -5.57. The van der Waals surface area contributed by atoms with E-state index in [0.29, 0.717) is 0 Å². The molecule has 0 aromatic carbocycles. The van der Waals surface area contributed by atoms with Gasteiger partial charge in [0.1, 0.15) is 79.3 Å². The van der Waals surface area contributed by atoms with E-state index in [1.165, 1.54) is 0 Å². The van der Waals surface area contributed by atoms with Crippen LogP contribution in [0.25, 0.3) is 0 Å². The Hall–Kier alpha value is -2.01. The number of hydrogen-bond donors (Lipinski definition) is 12. The maximum atomic E-state index is 12.3. The highest BCUT2D eigenvalue weighted by atomic mass is 32.3. The molecule has 30 nitrogen and oxygen atoms in total. The number of nitrogens with one attached hydrogen (secondary N) is 1. The van der Waals surface area contributed by atoms with Crippen LogP contribution in [0.1, 0.15) is 20.8 Å². The van der Waals surface area contributed by atoms with E-state index in [1.54, 1.807) is 0 Å². The van der Waals surface area contributed by atoms with E-state index in [4.69, 9.17) is 37.7 Å². The van der Waals surface area contributed by atoms with Crippen molar-refractivity contribution in [1.29, 1.82) is 0 Å². The summed E-state index contributed by atoms with van der Waals surface area (Å²) in [5, 5.41) is 88.4. The largest absolute Gasteiger partial charge is 0.479 e. The van der Waals surface area contributed by atoms with Crippen molar-refractivity contribution in [3.8, 4) is 0 Å². The molecule has 4 heterocycles. The molecule has 4 aliphatic heterocycles. The molecule has 1 unspecified atom stereocenters.